The Hall–Kier alpha value is -3.19. The summed E-state index contributed by atoms with van der Waals surface area (Å²) in [7, 11) is 0. The quantitative estimate of drug-likeness (QED) is 0.679. The first-order chi connectivity index (χ1) is 14.6. The van der Waals surface area contributed by atoms with E-state index in [1.54, 1.807) is 6.07 Å². The van der Waals surface area contributed by atoms with Gasteiger partial charge in [0.2, 0.25) is 5.91 Å². The summed E-state index contributed by atoms with van der Waals surface area (Å²) in [5, 5.41) is 7.94. The highest BCUT2D eigenvalue weighted by Crippen LogP contribution is 2.16. The predicted octanol–water partition coefficient (Wildman–Crippen LogP) is 2.21. The molecule has 7 heteroatoms. The molecule has 1 N–H and O–H groups in total. The lowest BCUT2D eigenvalue weighted by Gasteiger charge is -2.34. The lowest BCUT2D eigenvalue weighted by Crippen LogP contribution is -2.48. The Morgan fingerprint density at radius 2 is 1.73 bits per heavy atom. The van der Waals surface area contributed by atoms with Crippen molar-refractivity contribution in [1.82, 2.24) is 20.0 Å². The minimum absolute atomic E-state index is 0.0421. The molecule has 1 aliphatic rings. The minimum Gasteiger partial charge on any atom is -0.494 e. The molecular formula is C23H26N4O3. The molecule has 30 heavy (non-hydrogen) atoms. The molecule has 1 aromatic heterocycles. The highest BCUT2D eigenvalue weighted by atomic mass is 16.5. The molecule has 0 radical (unpaired) electrons. The minimum atomic E-state index is -0.232. The van der Waals surface area contributed by atoms with Crippen LogP contribution in [0.3, 0.4) is 0 Å². The van der Waals surface area contributed by atoms with E-state index in [0.29, 0.717) is 30.8 Å². The van der Waals surface area contributed by atoms with Crippen LogP contribution in [0.5, 0.6) is 5.75 Å². The monoisotopic (exact) mass is 406 g/mol. The summed E-state index contributed by atoms with van der Waals surface area (Å²) >= 11 is 0. The molecule has 0 bridgehead atoms. The van der Waals surface area contributed by atoms with E-state index in [2.05, 4.69) is 27.2 Å². The van der Waals surface area contributed by atoms with Crippen molar-refractivity contribution >= 4 is 16.7 Å². The topological polar surface area (TPSA) is 78.5 Å². The average Bonchev–Trinajstić information content (AvgIpc) is 2.78. The number of hydrogen-bond acceptors (Lipinski definition) is 5. The fourth-order valence-electron chi connectivity index (χ4n) is 3.83. The largest absolute Gasteiger partial charge is 0.494 e. The van der Waals surface area contributed by atoms with Gasteiger partial charge in [-0.05, 0) is 30.7 Å². The number of amides is 1. The first kappa shape index (κ1) is 20.1. The number of piperazine rings is 1. The number of carbonyl (C=O) groups excluding carboxylic acids is 1. The molecule has 0 aliphatic carbocycles. The maximum atomic E-state index is 12.8. The van der Waals surface area contributed by atoms with E-state index in [9.17, 15) is 9.59 Å². The van der Waals surface area contributed by atoms with Crippen LogP contribution in [-0.2, 0) is 17.8 Å². The molecule has 1 saturated heterocycles. The van der Waals surface area contributed by atoms with Gasteiger partial charge in [0.25, 0.3) is 5.56 Å². The van der Waals surface area contributed by atoms with E-state index in [0.717, 1.165) is 30.8 Å². The Kier molecular flexibility index (Phi) is 6.09. The molecule has 0 saturated carbocycles. The van der Waals surface area contributed by atoms with Gasteiger partial charge in [-0.1, -0.05) is 30.3 Å². The van der Waals surface area contributed by atoms with Crippen molar-refractivity contribution in [3.05, 3.63) is 70.1 Å². The van der Waals surface area contributed by atoms with Gasteiger partial charge in [-0.2, -0.15) is 5.10 Å². The number of carbonyl (C=O) groups is 1. The van der Waals surface area contributed by atoms with Gasteiger partial charge in [-0.15, -0.1) is 0 Å². The number of fused-ring (bicyclic) bond motifs is 1. The van der Waals surface area contributed by atoms with Crippen molar-refractivity contribution in [2.24, 2.45) is 0 Å². The van der Waals surface area contributed by atoms with Crippen LogP contribution in [0.1, 0.15) is 18.2 Å². The molecule has 4 rings (SSSR count). The Balaban J connectivity index is 1.34. The van der Waals surface area contributed by atoms with E-state index in [1.807, 2.05) is 42.2 Å². The Labute approximate surface area is 175 Å². The van der Waals surface area contributed by atoms with Crippen LogP contribution in [0.2, 0.25) is 0 Å². The van der Waals surface area contributed by atoms with Crippen molar-refractivity contribution in [2.75, 3.05) is 32.8 Å². The van der Waals surface area contributed by atoms with Crippen LogP contribution in [0.4, 0.5) is 0 Å². The summed E-state index contributed by atoms with van der Waals surface area (Å²) in [5.74, 6) is 0.931. The van der Waals surface area contributed by atoms with Crippen LogP contribution >= 0.6 is 0 Å². The second-order valence-corrected chi connectivity index (χ2v) is 7.46. The Bertz CT molecular complexity index is 1070. The van der Waals surface area contributed by atoms with Gasteiger partial charge in [-0.3, -0.25) is 14.5 Å². The third-order valence-corrected chi connectivity index (χ3v) is 5.46. The zero-order valence-electron chi connectivity index (χ0n) is 17.1. The SMILES string of the molecule is CCOc1ccc(CN2CCN(C(=O)Cc3n[nH]c(=O)c4ccccc34)CC2)cc1. The van der Waals surface area contributed by atoms with Crippen molar-refractivity contribution in [3.8, 4) is 5.75 Å². The maximum Gasteiger partial charge on any atom is 0.272 e. The molecule has 1 fully saturated rings. The highest BCUT2D eigenvalue weighted by Gasteiger charge is 2.22. The number of nitrogens with one attached hydrogen (secondary N) is 1. The molecule has 7 nitrogen and oxygen atoms in total. The molecule has 0 spiro atoms. The van der Waals surface area contributed by atoms with E-state index in [1.165, 1.54) is 5.56 Å². The van der Waals surface area contributed by atoms with Gasteiger partial charge in [0.1, 0.15) is 5.75 Å². The lowest BCUT2D eigenvalue weighted by atomic mass is 10.1. The summed E-state index contributed by atoms with van der Waals surface area (Å²) in [6, 6.07) is 15.5. The smallest absolute Gasteiger partial charge is 0.272 e. The van der Waals surface area contributed by atoms with E-state index < -0.39 is 0 Å². The fraction of sp³-hybridized carbons (Fsp3) is 0.348. The van der Waals surface area contributed by atoms with Crippen LogP contribution in [-0.4, -0.2) is 58.7 Å². The van der Waals surface area contributed by atoms with Gasteiger partial charge in [0.15, 0.2) is 0 Å². The molecule has 1 amide bonds. The predicted molar refractivity (Wildman–Crippen MR) is 116 cm³/mol. The van der Waals surface area contributed by atoms with Gasteiger partial charge >= 0.3 is 0 Å². The second kappa shape index (κ2) is 9.09. The Morgan fingerprint density at radius 1 is 1.03 bits per heavy atom. The zero-order chi connectivity index (χ0) is 20.9. The van der Waals surface area contributed by atoms with E-state index >= 15 is 0 Å². The van der Waals surface area contributed by atoms with E-state index in [4.69, 9.17) is 4.74 Å². The number of H-pyrrole nitrogens is 1. The van der Waals surface area contributed by atoms with Crippen LogP contribution in [0.25, 0.3) is 10.8 Å². The summed E-state index contributed by atoms with van der Waals surface area (Å²) in [6.45, 7) is 6.55. The number of hydrogen-bond donors (Lipinski definition) is 1. The standard InChI is InChI=1S/C23H26N4O3/c1-2-30-18-9-7-17(8-10-18)16-26-11-13-27(14-12-26)22(28)15-21-19-5-3-4-6-20(19)23(29)25-24-21/h3-10H,2,11-16H2,1H3,(H,25,29). The average molecular weight is 406 g/mol. The number of nitrogens with zero attached hydrogens (tertiary/aromatic N) is 3. The first-order valence-corrected chi connectivity index (χ1v) is 10.3. The van der Waals surface area contributed by atoms with Crippen molar-refractivity contribution < 1.29 is 9.53 Å². The van der Waals surface area contributed by atoms with Gasteiger partial charge in [0, 0.05) is 38.1 Å². The number of rotatable bonds is 6. The molecule has 2 heterocycles. The third-order valence-electron chi connectivity index (χ3n) is 5.46. The molecule has 0 atom stereocenters. The van der Waals surface area contributed by atoms with Crippen molar-refractivity contribution in [3.63, 3.8) is 0 Å². The maximum absolute atomic E-state index is 12.8. The summed E-state index contributed by atoms with van der Waals surface area (Å²) in [6.07, 6.45) is 0.191. The van der Waals surface area contributed by atoms with Crippen molar-refractivity contribution in [2.45, 2.75) is 19.9 Å². The summed E-state index contributed by atoms with van der Waals surface area (Å²) in [4.78, 5) is 29.0. The molecule has 2 aromatic carbocycles. The number of benzene rings is 2. The van der Waals surface area contributed by atoms with E-state index in [-0.39, 0.29) is 17.9 Å². The second-order valence-electron chi connectivity index (χ2n) is 7.46. The van der Waals surface area contributed by atoms with Crippen LogP contribution < -0.4 is 10.3 Å². The number of aromatic amines is 1. The fourth-order valence-corrected chi connectivity index (χ4v) is 3.83. The van der Waals surface area contributed by atoms with Gasteiger partial charge in [0.05, 0.1) is 24.1 Å². The van der Waals surface area contributed by atoms with Crippen molar-refractivity contribution in [1.29, 1.82) is 0 Å². The highest BCUT2D eigenvalue weighted by molar-refractivity contribution is 5.88. The molecule has 3 aromatic rings. The Morgan fingerprint density at radius 3 is 2.43 bits per heavy atom. The first-order valence-electron chi connectivity index (χ1n) is 10.3. The van der Waals surface area contributed by atoms with Gasteiger partial charge < -0.3 is 9.64 Å². The molecule has 1 aliphatic heterocycles. The number of ether oxygens (including phenoxy) is 1. The third kappa shape index (κ3) is 4.52. The summed E-state index contributed by atoms with van der Waals surface area (Å²) in [5.41, 5.74) is 1.62. The molecular weight excluding hydrogens is 380 g/mol. The van der Waals surface area contributed by atoms with Gasteiger partial charge in [-0.25, -0.2) is 5.10 Å². The summed E-state index contributed by atoms with van der Waals surface area (Å²) < 4.78 is 5.49. The normalized spacial score (nSPS) is 14.8. The molecule has 156 valence electrons. The zero-order valence-corrected chi connectivity index (χ0v) is 17.1. The number of aromatic nitrogens is 2. The molecule has 0 unspecified atom stereocenters. The van der Waals surface area contributed by atoms with Crippen LogP contribution in [0.15, 0.2) is 53.3 Å². The van der Waals surface area contributed by atoms with Crippen LogP contribution in [0, 0.1) is 0 Å². The lowest BCUT2D eigenvalue weighted by molar-refractivity contribution is -0.132.